The maximum absolute atomic E-state index is 12.6. The average molecular weight is 406 g/mol. The Hall–Kier alpha value is -3.33. The van der Waals surface area contributed by atoms with Crippen molar-refractivity contribution < 1.29 is 19.1 Å². The highest BCUT2D eigenvalue weighted by Gasteiger charge is 2.38. The van der Waals surface area contributed by atoms with Crippen LogP contribution in [0.5, 0.6) is 11.5 Å². The fraction of sp³-hybridized carbons (Fsp3) is 0.375. The number of rotatable bonds is 8. The Morgan fingerprint density at radius 3 is 2.37 bits per heavy atom. The Balaban J connectivity index is 1.57. The van der Waals surface area contributed by atoms with Gasteiger partial charge in [0.05, 0.1) is 12.0 Å². The number of esters is 1. The van der Waals surface area contributed by atoms with Gasteiger partial charge in [0.2, 0.25) is 0 Å². The Kier molecular flexibility index (Phi) is 7.45. The second-order valence-electron chi connectivity index (χ2n) is 7.47. The maximum atomic E-state index is 12.6. The van der Waals surface area contributed by atoms with E-state index in [0.29, 0.717) is 31.7 Å². The highest BCUT2D eigenvalue weighted by molar-refractivity contribution is 5.86. The van der Waals surface area contributed by atoms with Crippen LogP contribution in [0.1, 0.15) is 38.2 Å². The zero-order valence-corrected chi connectivity index (χ0v) is 17.1. The third-order valence-corrected chi connectivity index (χ3v) is 5.29. The predicted octanol–water partition coefficient (Wildman–Crippen LogP) is 5.29. The minimum absolute atomic E-state index is 0.00656. The van der Waals surface area contributed by atoms with Crippen LogP contribution in [0.15, 0.2) is 54.6 Å². The van der Waals surface area contributed by atoms with Crippen LogP contribution in [0.4, 0.5) is 4.79 Å². The summed E-state index contributed by atoms with van der Waals surface area (Å²) in [5.41, 5.74) is 0.916. The molecule has 0 spiro atoms. The first-order valence-electron chi connectivity index (χ1n) is 10.3. The van der Waals surface area contributed by atoms with Gasteiger partial charge in [0.25, 0.3) is 0 Å². The molecule has 0 bridgehead atoms. The van der Waals surface area contributed by atoms with Crippen LogP contribution >= 0.6 is 0 Å². The number of nitriles is 1. The molecular weight excluding hydrogens is 380 g/mol. The van der Waals surface area contributed by atoms with Crippen molar-refractivity contribution in [1.82, 2.24) is 4.90 Å². The smallest absolute Gasteiger partial charge is 0.417 e. The van der Waals surface area contributed by atoms with E-state index in [9.17, 15) is 9.59 Å². The molecule has 156 valence electrons. The van der Waals surface area contributed by atoms with Crippen molar-refractivity contribution in [2.24, 2.45) is 11.8 Å². The lowest BCUT2D eigenvalue weighted by Gasteiger charge is -2.33. The number of amides is 1. The fourth-order valence-corrected chi connectivity index (χ4v) is 3.48. The van der Waals surface area contributed by atoms with Crippen LogP contribution in [0, 0.1) is 23.2 Å². The van der Waals surface area contributed by atoms with Crippen LogP contribution in [0.3, 0.4) is 0 Å². The summed E-state index contributed by atoms with van der Waals surface area (Å²) in [6.45, 7) is 2.80. The minimum atomic E-state index is -0.630. The van der Waals surface area contributed by atoms with Crippen LogP contribution in [0.25, 0.3) is 0 Å². The molecule has 6 nitrogen and oxygen atoms in total. The van der Waals surface area contributed by atoms with Crippen molar-refractivity contribution in [2.45, 2.75) is 39.2 Å². The van der Waals surface area contributed by atoms with Crippen molar-refractivity contribution in [2.75, 3.05) is 6.54 Å². The molecule has 1 amide bonds. The highest BCUT2D eigenvalue weighted by atomic mass is 16.6. The molecule has 2 atom stereocenters. The van der Waals surface area contributed by atoms with Gasteiger partial charge in [-0.25, -0.2) is 4.79 Å². The molecule has 0 N–H and O–H groups in total. The Morgan fingerprint density at radius 2 is 1.77 bits per heavy atom. The number of hydrogen-bond donors (Lipinski definition) is 0. The standard InChI is InChI=1S/C24H26N2O4/c1-2-16-26(24(28)30-23(27)22-13-10-19(22)14-15-25)17-18-8-11-21(12-9-18)29-20-6-4-3-5-7-20/h3-9,11-12,19,22H,2,10,13-14,16-17H2,1H3. The first-order chi connectivity index (χ1) is 14.6. The van der Waals surface area contributed by atoms with Crippen molar-refractivity contribution in [1.29, 1.82) is 5.26 Å². The maximum Gasteiger partial charge on any atom is 0.417 e. The SMILES string of the molecule is CCCN(Cc1ccc(Oc2ccccc2)cc1)C(=O)OC(=O)C1CCC1CC#N. The summed E-state index contributed by atoms with van der Waals surface area (Å²) >= 11 is 0. The van der Waals surface area contributed by atoms with Crippen molar-refractivity contribution >= 4 is 12.1 Å². The zero-order chi connectivity index (χ0) is 21.3. The van der Waals surface area contributed by atoms with E-state index in [2.05, 4.69) is 6.07 Å². The number of hydrogen-bond acceptors (Lipinski definition) is 5. The van der Waals surface area contributed by atoms with Gasteiger partial charge in [-0.2, -0.15) is 5.26 Å². The van der Waals surface area contributed by atoms with Crippen LogP contribution in [-0.4, -0.2) is 23.5 Å². The largest absolute Gasteiger partial charge is 0.457 e. The summed E-state index contributed by atoms with van der Waals surface area (Å²) < 4.78 is 10.9. The quantitative estimate of drug-likeness (QED) is 0.439. The molecule has 2 aromatic carbocycles. The lowest BCUT2D eigenvalue weighted by Crippen LogP contribution is -2.39. The van der Waals surface area contributed by atoms with Gasteiger partial charge in [0, 0.05) is 19.5 Å². The molecule has 2 aromatic rings. The predicted molar refractivity (Wildman–Crippen MR) is 112 cm³/mol. The molecule has 0 saturated heterocycles. The summed E-state index contributed by atoms with van der Waals surface area (Å²) in [6.07, 6.45) is 1.95. The van der Waals surface area contributed by atoms with Crippen molar-refractivity contribution in [3.05, 3.63) is 60.2 Å². The van der Waals surface area contributed by atoms with Crippen LogP contribution in [0.2, 0.25) is 0 Å². The Labute approximate surface area is 177 Å². The van der Waals surface area contributed by atoms with E-state index in [1.807, 2.05) is 61.5 Å². The van der Waals surface area contributed by atoms with E-state index in [0.717, 1.165) is 24.2 Å². The lowest BCUT2D eigenvalue weighted by atomic mass is 9.72. The number of ether oxygens (including phenoxy) is 2. The first kappa shape index (κ1) is 21.4. The van der Waals surface area contributed by atoms with Gasteiger partial charge >= 0.3 is 12.1 Å². The molecule has 1 saturated carbocycles. The van der Waals surface area contributed by atoms with Gasteiger partial charge in [-0.15, -0.1) is 0 Å². The number of carbonyl (C=O) groups is 2. The topological polar surface area (TPSA) is 79.6 Å². The van der Waals surface area contributed by atoms with Gasteiger partial charge in [-0.1, -0.05) is 37.3 Å². The number of para-hydroxylation sites is 1. The molecule has 1 aliphatic carbocycles. The summed E-state index contributed by atoms with van der Waals surface area (Å²) in [4.78, 5) is 26.4. The third kappa shape index (κ3) is 5.60. The minimum Gasteiger partial charge on any atom is -0.457 e. The molecule has 30 heavy (non-hydrogen) atoms. The molecule has 0 radical (unpaired) electrons. The van der Waals surface area contributed by atoms with Crippen LogP contribution in [-0.2, 0) is 16.1 Å². The second-order valence-corrected chi connectivity index (χ2v) is 7.47. The van der Waals surface area contributed by atoms with Gasteiger partial charge in [0.1, 0.15) is 11.5 Å². The van der Waals surface area contributed by atoms with E-state index in [4.69, 9.17) is 14.7 Å². The molecule has 0 aliphatic heterocycles. The van der Waals surface area contributed by atoms with E-state index in [1.54, 1.807) is 0 Å². The van der Waals surface area contributed by atoms with E-state index >= 15 is 0 Å². The Bertz CT molecular complexity index is 890. The number of benzene rings is 2. The molecule has 3 rings (SSSR count). The molecule has 0 aromatic heterocycles. The number of carbonyl (C=O) groups excluding carboxylic acids is 2. The summed E-state index contributed by atoms with van der Waals surface area (Å²) in [6, 6.07) is 19.1. The third-order valence-electron chi connectivity index (χ3n) is 5.29. The normalized spacial score (nSPS) is 17.3. The zero-order valence-electron chi connectivity index (χ0n) is 17.1. The van der Waals surface area contributed by atoms with Gasteiger partial charge in [-0.05, 0) is 55.0 Å². The monoisotopic (exact) mass is 406 g/mol. The van der Waals surface area contributed by atoms with Crippen LogP contribution < -0.4 is 4.74 Å². The molecular formula is C24H26N2O4. The second kappa shape index (κ2) is 10.4. The highest BCUT2D eigenvalue weighted by Crippen LogP contribution is 2.37. The molecule has 6 heteroatoms. The molecule has 2 unspecified atom stereocenters. The van der Waals surface area contributed by atoms with Gasteiger partial charge < -0.3 is 14.4 Å². The summed E-state index contributed by atoms with van der Waals surface area (Å²) in [7, 11) is 0. The van der Waals surface area contributed by atoms with E-state index in [1.165, 1.54) is 4.90 Å². The fourth-order valence-electron chi connectivity index (χ4n) is 3.48. The van der Waals surface area contributed by atoms with Crippen molar-refractivity contribution in [3.8, 4) is 17.6 Å². The number of nitrogens with zero attached hydrogens (tertiary/aromatic N) is 2. The lowest BCUT2D eigenvalue weighted by molar-refractivity contribution is -0.149. The summed E-state index contributed by atoms with van der Waals surface area (Å²) in [5.74, 6) is 0.613. The summed E-state index contributed by atoms with van der Waals surface area (Å²) in [5, 5.41) is 8.82. The first-order valence-corrected chi connectivity index (χ1v) is 10.3. The molecule has 0 heterocycles. The van der Waals surface area contributed by atoms with E-state index in [-0.39, 0.29) is 11.8 Å². The molecule has 1 fully saturated rings. The average Bonchev–Trinajstić information content (AvgIpc) is 2.73. The van der Waals surface area contributed by atoms with Crippen molar-refractivity contribution in [3.63, 3.8) is 0 Å². The van der Waals surface area contributed by atoms with Gasteiger partial charge in [0.15, 0.2) is 0 Å². The van der Waals surface area contributed by atoms with E-state index < -0.39 is 12.1 Å². The molecule has 1 aliphatic rings. The Morgan fingerprint density at radius 1 is 1.07 bits per heavy atom. The van der Waals surface area contributed by atoms with Gasteiger partial charge in [-0.3, -0.25) is 4.79 Å².